The molecule has 0 N–H and O–H groups in total. The Kier molecular flexibility index (Phi) is 5.22. The predicted octanol–water partition coefficient (Wildman–Crippen LogP) is 3.15. The lowest BCUT2D eigenvalue weighted by molar-refractivity contribution is -0.114. The summed E-state index contributed by atoms with van der Waals surface area (Å²) in [5, 5.41) is 0. The highest BCUT2D eigenvalue weighted by molar-refractivity contribution is 9.10. The number of allylic oxidation sites excluding steroid dienone is 2. The first-order valence-electron chi connectivity index (χ1n) is 5.18. The average molecular weight is 299 g/mol. The van der Waals surface area contributed by atoms with Gasteiger partial charge in [-0.2, -0.15) is 0 Å². The molecule has 0 aliphatic carbocycles. The Labute approximate surface area is 110 Å². The van der Waals surface area contributed by atoms with Crippen LogP contribution in [-0.2, 0) is 11.2 Å². The van der Waals surface area contributed by atoms with Crippen molar-refractivity contribution >= 4 is 21.7 Å². The number of methoxy groups -OCH3 is 2. The average Bonchev–Trinajstić information content (AvgIpc) is 2.31. The van der Waals surface area contributed by atoms with E-state index in [-0.39, 0.29) is 5.78 Å². The van der Waals surface area contributed by atoms with E-state index in [1.54, 1.807) is 32.4 Å². The summed E-state index contributed by atoms with van der Waals surface area (Å²) in [7, 11) is 3.15. The second-order valence-electron chi connectivity index (χ2n) is 3.44. The summed E-state index contributed by atoms with van der Waals surface area (Å²) >= 11 is 3.42. The molecule has 4 heteroatoms. The fourth-order valence-electron chi connectivity index (χ4n) is 1.46. The van der Waals surface area contributed by atoms with Crippen molar-refractivity contribution in [3.8, 4) is 11.5 Å². The Morgan fingerprint density at radius 3 is 2.41 bits per heavy atom. The third-order valence-corrected chi connectivity index (χ3v) is 3.01. The molecule has 0 heterocycles. The first-order chi connectivity index (χ1) is 8.12. The molecule has 0 saturated heterocycles. The van der Waals surface area contributed by atoms with Crippen molar-refractivity contribution in [2.45, 2.75) is 13.3 Å². The summed E-state index contributed by atoms with van der Waals surface area (Å²) < 4.78 is 11.2. The molecule has 1 aromatic rings. The van der Waals surface area contributed by atoms with Crippen LogP contribution in [0.1, 0.15) is 12.5 Å². The van der Waals surface area contributed by atoms with Crippen LogP contribution in [0, 0.1) is 0 Å². The Bertz CT molecular complexity index is 439. The summed E-state index contributed by atoms with van der Waals surface area (Å²) in [6, 6.07) is 3.61. The lowest BCUT2D eigenvalue weighted by Gasteiger charge is -2.11. The van der Waals surface area contributed by atoms with Crippen LogP contribution >= 0.6 is 15.9 Å². The van der Waals surface area contributed by atoms with E-state index in [0.717, 1.165) is 10.0 Å². The molecule has 17 heavy (non-hydrogen) atoms. The van der Waals surface area contributed by atoms with Crippen molar-refractivity contribution < 1.29 is 14.3 Å². The van der Waals surface area contributed by atoms with Gasteiger partial charge >= 0.3 is 0 Å². The van der Waals surface area contributed by atoms with E-state index in [1.807, 2.05) is 13.0 Å². The van der Waals surface area contributed by atoms with Gasteiger partial charge < -0.3 is 9.47 Å². The molecular formula is C13H15BrO3. The van der Waals surface area contributed by atoms with Gasteiger partial charge in [0.1, 0.15) is 0 Å². The monoisotopic (exact) mass is 298 g/mol. The summed E-state index contributed by atoms with van der Waals surface area (Å²) in [5.41, 5.74) is 0.880. The van der Waals surface area contributed by atoms with Gasteiger partial charge in [0.15, 0.2) is 17.3 Å². The molecule has 0 bridgehead atoms. The number of carbonyl (C=O) groups excluding carboxylic acids is 1. The van der Waals surface area contributed by atoms with Crippen molar-refractivity contribution in [2.75, 3.05) is 14.2 Å². The molecule has 0 aliphatic rings. The molecular weight excluding hydrogens is 284 g/mol. The molecule has 0 aliphatic heterocycles. The maximum atomic E-state index is 11.5. The van der Waals surface area contributed by atoms with Gasteiger partial charge in [-0.05, 0) is 30.7 Å². The van der Waals surface area contributed by atoms with E-state index in [2.05, 4.69) is 15.9 Å². The molecule has 0 spiro atoms. The summed E-state index contributed by atoms with van der Waals surface area (Å²) in [5.74, 6) is 1.32. The van der Waals surface area contributed by atoms with E-state index < -0.39 is 0 Å². The van der Waals surface area contributed by atoms with E-state index >= 15 is 0 Å². The Balaban J connectivity index is 3.04. The molecule has 1 aromatic carbocycles. The van der Waals surface area contributed by atoms with E-state index in [9.17, 15) is 4.79 Å². The van der Waals surface area contributed by atoms with Crippen molar-refractivity contribution in [3.63, 3.8) is 0 Å². The van der Waals surface area contributed by atoms with Crippen LogP contribution < -0.4 is 9.47 Å². The largest absolute Gasteiger partial charge is 0.493 e. The van der Waals surface area contributed by atoms with Crippen LogP contribution in [0.15, 0.2) is 28.8 Å². The lowest BCUT2D eigenvalue weighted by Crippen LogP contribution is -2.01. The molecule has 0 fully saturated rings. The smallest absolute Gasteiger partial charge is 0.161 e. The topological polar surface area (TPSA) is 35.5 Å². The highest BCUT2D eigenvalue weighted by Crippen LogP contribution is 2.33. The Morgan fingerprint density at radius 1 is 1.29 bits per heavy atom. The fourth-order valence-corrected chi connectivity index (χ4v) is 1.93. The van der Waals surface area contributed by atoms with Gasteiger partial charge in [-0.15, -0.1) is 0 Å². The quantitative estimate of drug-likeness (QED) is 0.784. The van der Waals surface area contributed by atoms with Gasteiger partial charge in [-0.25, -0.2) is 0 Å². The molecule has 3 nitrogen and oxygen atoms in total. The summed E-state index contributed by atoms with van der Waals surface area (Å²) in [4.78, 5) is 11.5. The maximum absolute atomic E-state index is 11.5. The van der Waals surface area contributed by atoms with Gasteiger partial charge in [0, 0.05) is 10.9 Å². The minimum Gasteiger partial charge on any atom is -0.493 e. The molecule has 0 atom stereocenters. The van der Waals surface area contributed by atoms with Gasteiger partial charge in [-0.3, -0.25) is 4.79 Å². The highest BCUT2D eigenvalue weighted by Gasteiger charge is 2.11. The zero-order valence-electron chi connectivity index (χ0n) is 10.1. The summed E-state index contributed by atoms with van der Waals surface area (Å²) in [6.07, 6.45) is 3.63. The third kappa shape index (κ3) is 3.60. The van der Waals surface area contributed by atoms with Crippen molar-refractivity contribution in [3.05, 3.63) is 34.3 Å². The van der Waals surface area contributed by atoms with Crippen LogP contribution in [0.4, 0.5) is 0 Å². The van der Waals surface area contributed by atoms with Crippen LogP contribution in [0.25, 0.3) is 0 Å². The van der Waals surface area contributed by atoms with Gasteiger partial charge in [-0.1, -0.05) is 22.0 Å². The number of ketones is 1. The highest BCUT2D eigenvalue weighted by atomic mass is 79.9. The molecule has 0 aromatic heterocycles. The zero-order valence-corrected chi connectivity index (χ0v) is 11.7. The maximum Gasteiger partial charge on any atom is 0.161 e. The number of rotatable bonds is 5. The molecule has 92 valence electrons. The SMILES string of the molecule is C/C=C/C(=O)Cc1cc(OC)c(OC)cc1Br. The molecule has 0 radical (unpaired) electrons. The molecule has 0 amide bonds. The van der Waals surface area contributed by atoms with E-state index in [4.69, 9.17) is 9.47 Å². The number of hydrogen-bond acceptors (Lipinski definition) is 3. The van der Waals surface area contributed by atoms with E-state index in [0.29, 0.717) is 17.9 Å². The fraction of sp³-hybridized carbons (Fsp3) is 0.308. The van der Waals surface area contributed by atoms with Crippen LogP contribution in [0.2, 0.25) is 0 Å². The number of ether oxygens (including phenoxy) is 2. The van der Waals surface area contributed by atoms with E-state index in [1.165, 1.54) is 0 Å². The minimum atomic E-state index is 0.0559. The van der Waals surface area contributed by atoms with Crippen molar-refractivity contribution in [1.82, 2.24) is 0 Å². The summed E-state index contributed by atoms with van der Waals surface area (Å²) in [6.45, 7) is 1.82. The van der Waals surface area contributed by atoms with Crippen LogP contribution in [0.3, 0.4) is 0 Å². The first kappa shape index (κ1) is 13.8. The second kappa shape index (κ2) is 6.45. The number of carbonyl (C=O) groups is 1. The van der Waals surface area contributed by atoms with Crippen LogP contribution in [0.5, 0.6) is 11.5 Å². The zero-order chi connectivity index (χ0) is 12.8. The second-order valence-corrected chi connectivity index (χ2v) is 4.30. The minimum absolute atomic E-state index is 0.0559. The third-order valence-electron chi connectivity index (χ3n) is 2.27. The van der Waals surface area contributed by atoms with Crippen molar-refractivity contribution in [2.24, 2.45) is 0 Å². The normalized spacial score (nSPS) is 10.6. The predicted molar refractivity (Wildman–Crippen MR) is 70.8 cm³/mol. The number of benzene rings is 1. The van der Waals surface area contributed by atoms with Gasteiger partial charge in [0.2, 0.25) is 0 Å². The van der Waals surface area contributed by atoms with Crippen LogP contribution in [-0.4, -0.2) is 20.0 Å². The Morgan fingerprint density at radius 2 is 1.88 bits per heavy atom. The molecule has 0 unspecified atom stereocenters. The molecule has 0 saturated carbocycles. The number of halogens is 1. The lowest BCUT2D eigenvalue weighted by atomic mass is 10.1. The Hall–Kier alpha value is -1.29. The van der Waals surface area contributed by atoms with Gasteiger partial charge in [0.25, 0.3) is 0 Å². The van der Waals surface area contributed by atoms with Gasteiger partial charge in [0.05, 0.1) is 14.2 Å². The standard InChI is InChI=1S/C13H15BrO3/c1-4-5-10(15)6-9-7-12(16-2)13(17-3)8-11(9)14/h4-5,7-8H,6H2,1-3H3/b5-4+. The first-order valence-corrected chi connectivity index (χ1v) is 5.97. The molecule has 1 rings (SSSR count). The van der Waals surface area contributed by atoms with Crippen molar-refractivity contribution in [1.29, 1.82) is 0 Å². The number of hydrogen-bond donors (Lipinski definition) is 0.